The van der Waals surface area contributed by atoms with E-state index in [0.717, 1.165) is 16.7 Å². The third kappa shape index (κ3) is 5.43. The number of carbonyl (C=O) groups is 2. The maximum atomic E-state index is 13.5. The second-order valence-corrected chi connectivity index (χ2v) is 8.03. The lowest BCUT2D eigenvalue weighted by molar-refractivity contribution is 0.0672. The number of halogens is 1. The number of nitrogens with one attached hydrogen (secondary N) is 1. The van der Waals surface area contributed by atoms with Gasteiger partial charge in [0.25, 0.3) is 5.91 Å². The Morgan fingerprint density at radius 3 is 2.75 bits per heavy atom. The van der Waals surface area contributed by atoms with Crippen molar-refractivity contribution in [3.63, 3.8) is 0 Å². The molecular weight excluding hydrogens is 411 g/mol. The highest BCUT2D eigenvalue weighted by Crippen LogP contribution is 2.24. The normalized spacial score (nSPS) is 16.0. The van der Waals surface area contributed by atoms with Gasteiger partial charge in [0.2, 0.25) is 0 Å². The summed E-state index contributed by atoms with van der Waals surface area (Å²) in [6, 6.07) is 6.86. The van der Waals surface area contributed by atoms with Crippen LogP contribution < -0.4 is 10.2 Å². The van der Waals surface area contributed by atoms with Crippen LogP contribution in [0.3, 0.4) is 0 Å². The second kappa shape index (κ2) is 10.3. The number of hydrogen-bond acceptors (Lipinski definition) is 4. The number of amides is 2. The van der Waals surface area contributed by atoms with Crippen molar-refractivity contribution in [2.75, 3.05) is 31.1 Å². The molecule has 2 heterocycles. The van der Waals surface area contributed by atoms with E-state index >= 15 is 0 Å². The van der Waals surface area contributed by atoms with Gasteiger partial charge in [-0.15, -0.1) is 0 Å². The number of aryl methyl sites for hydroxylation is 2. The highest BCUT2D eigenvalue weighted by Gasteiger charge is 2.30. The monoisotopic (exact) mass is 440 g/mol. The van der Waals surface area contributed by atoms with Crippen LogP contribution in [0, 0.1) is 12.7 Å². The minimum absolute atomic E-state index is 0.0477. The smallest absolute Gasteiger partial charge is 0.404 e. The van der Waals surface area contributed by atoms with Crippen LogP contribution in [0.5, 0.6) is 0 Å². The SMILES string of the molecule is C=Cc1cc(C(=O)N2CCN(c3ccc(F)cn3)C[C@@H]2C)c(CCCNC(=O)O)cc1C. The first-order chi connectivity index (χ1) is 15.3. The van der Waals surface area contributed by atoms with Gasteiger partial charge in [0.05, 0.1) is 6.20 Å². The maximum absolute atomic E-state index is 13.5. The van der Waals surface area contributed by atoms with E-state index in [2.05, 4.69) is 21.8 Å². The van der Waals surface area contributed by atoms with Gasteiger partial charge in [-0.1, -0.05) is 18.7 Å². The second-order valence-electron chi connectivity index (χ2n) is 8.03. The Bertz CT molecular complexity index is 993. The van der Waals surface area contributed by atoms with E-state index < -0.39 is 6.09 Å². The van der Waals surface area contributed by atoms with E-state index in [9.17, 15) is 14.0 Å². The summed E-state index contributed by atoms with van der Waals surface area (Å²) in [6.45, 7) is 9.87. The lowest BCUT2D eigenvalue weighted by atomic mass is 9.94. The molecule has 1 saturated heterocycles. The summed E-state index contributed by atoms with van der Waals surface area (Å²) >= 11 is 0. The molecule has 170 valence electrons. The summed E-state index contributed by atoms with van der Waals surface area (Å²) in [5.41, 5.74) is 3.46. The molecule has 2 amide bonds. The van der Waals surface area contributed by atoms with Gasteiger partial charge in [-0.3, -0.25) is 4.79 Å². The molecule has 8 heteroatoms. The Morgan fingerprint density at radius 2 is 2.12 bits per heavy atom. The zero-order valence-corrected chi connectivity index (χ0v) is 18.5. The Labute approximate surface area is 187 Å². The van der Waals surface area contributed by atoms with Gasteiger partial charge in [-0.2, -0.15) is 0 Å². The van der Waals surface area contributed by atoms with Crippen LogP contribution in [-0.4, -0.2) is 59.2 Å². The standard InChI is InChI=1S/C24H29FN4O3/c1-4-18-13-21(19(12-16(18)2)6-5-9-26-24(31)32)23(30)29-11-10-28(15-17(29)3)22-8-7-20(25)14-27-22/h4,7-8,12-14,17,26H,1,5-6,9-11,15H2,2-3H3,(H,31,32)/t17-/m0/s1. The van der Waals surface area contributed by atoms with E-state index in [4.69, 9.17) is 5.11 Å². The van der Waals surface area contributed by atoms with E-state index in [1.807, 2.05) is 30.9 Å². The molecule has 1 fully saturated rings. The summed E-state index contributed by atoms with van der Waals surface area (Å²) in [5, 5.41) is 11.1. The summed E-state index contributed by atoms with van der Waals surface area (Å²) in [7, 11) is 0. The fourth-order valence-corrected chi connectivity index (χ4v) is 4.06. The predicted molar refractivity (Wildman–Crippen MR) is 123 cm³/mol. The molecular formula is C24H29FN4O3. The third-order valence-electron chi connectivity index (χ3n) is 5.77. The van der Waals surface area contributed by atoms with Crippen molar-refractivity contribution in [1.82, 2.24) is 15.2 Å². The van der Waals surface area contributed by atoms with Crippen molar-refractivity contribution >= 4 is 23.9 Å². The van der Waals surface area contributed by atoms with Gasteiger partial charge in [-0.05, 0) is 61.6 Å². The Hall–Kier alpha value is -3.42. The number of aromatic nitrogens is 1. The van der Waals surface area contributed by atoms with Crippen LogP contribution in [0.15, 0.2) is 37.0 Å². The molecule has 1 aromatic carbocycles. The highest BCUT2D eigenvalue weighted by molar-refractivity contribution is 5.97. The molecule has 0 radical (unpaired) electrons. The summed E-state index contributed by atoms with van der Waals surface area (Å²) < 4.78 is 13.2. The van der Waals surface area contributed by atoms with E-state index in [-0.39, 0.29) is 17.8 Å². The van der Waals surface area contributed by atoms with Crippen molar-refractivity contribution in [3.8, 4) is 0 Å². The number of nitrogens with zero attached hydrogens (tertiary/aromatic N) is 3. The zero-order valence-electron chi connectivity index (χ0n) is 18.5. The van der Waals surface area contributed by atoms with Crippen molar-refractivity contribution in [2.45, 2.75) is 32.7 Å². The molecule has 1 aromatic heterocycles. The molecule has 1 aliphatic rings. The molecule has 0 aliphatic carbocycles. The van der Waals surface area contributed by atoms with E-state index in [1.54, 1.807) is 12.1 Å². The van der Waals surface area contributed by atoms with Crippen LogP contribution in [-0.2, 0) is 6.42 Å². The predicted octanol–water partition coefficient (Wildman–Crippen LogP) is 3.72. The number of hydrogen-bond donors (Lipinski definition) is 2. The first-order valence-electron chi connectivity index (χ1n) is 10.7. The van der Waals surface area contributed by atoms with Gasteiger partial charge in [0.1, 0.15) is 11.6 Å². The fourth-order valence-electron chi connectivity index (χ4n) is 4.06. The number of benzene rings is 1. The van der Waals surface area contributed by atoms with Crippen LogP contribution in [0.4, 0.5) is 15.0 Å². The number of piperazine rings is 1. The van der Waals surface area contributed by atoms with Crippen molar-refractivity contribution in [1.29, 1.82) is 0 Å². The van der Waals surface area contributed by atoms with Crippen LogP contribution in [0.2, 0.25) is 0 Å². The minimum atomic E-state index is -1.05. The molecule has 1 atom stereocenters. The Balaban J connectivity index is 1.77. The van der Waals surface area contributed by atoms with Gasteiger partial charge >= 0.3 is 6.09 Å². The lowest BCUT2D eigenvalue weighted by Gasteiger charge is -2.40. The van der Waals surface area contributed by atoms with Crippen LogP contribution >= 0.6 is 0 Å². The first kappa shape index (κ1) is 23.2. The lowest BCUT2D eigenvalue weighted by Crippen LogP contribution is -2.54. The van der Waals surface area contributed by atoms with Crippen LogP contribution in [0.1, 0.15) is 40.4 Å². The van der Waals surface area contributed by atoms with Gasteiger partial charge in [-0.25, -0.2) is 14.2 Å². The number of carbonyl (C=O) groups excluding carboxylic acids is 1. The Kier molecular flexibility index (Phi) is 7.45. The molecule has 32 heavy (non-hydrogen) atoms. The number of pyridine rings is 1. The molecule has 0 bridgehead atoms. The summed E-state index contributed by atoms with van der Waals surface area (Å²) in [5.74, 6) is 0.272. The van der Waals surface area contributed by atoms with Crippen molar-refractivity contribution in [3.05, 3.63) is 65.1 Å². The average Bonchev–Trinajstić information content (AvgIpc) is 2.76. The molecule has 0 saturated carbocycles. The summed E-state index contributed by atoms with van der Waals surface area (Å²) in [4.78, 5) is 32.3. The molecule has 3 rings (SSSR count). The van der Waals surface area contributed by atoms with Gasteiger partial charge in [0, 0.05) is 37.8 Å². The van der Waals surface area contributed by atoms with Gasteiger partial charge in [0.15, 0.2) is 0 Å². The highest BCUT2D eigenvalue weighted by atomic mass is 19.1. The molecule has 2 aromatic rings. The third-order valence-corrected chi connectivity index (χ3v) is 5.77. The Morgan fingerprint density at radius 1 is 1.34 bits per heavy atom. The maximum Gasteiger partial charge on any atom is 0.404 e. The summed E-state index contributed by atoms with van der Waals surface area (Å²) in [6.07, 6.45) is 3.07. The average molecular weight is 441 g/mol. The fraction of sp³-hybridized carbons (Fsp3) is 0.375. The topological polar surface area (TPSA) is 85.8 Å². The molecule has 0 spiro atoms. The zero-order chi connectivity index (χ0) is 23.3. The number of carboxylic acid groups (broad SMARTS) is 1. The first-order valence-corrected chi connectivity index (χ1v) is 10.7. The van der Waals surface area contributed by atoms with E-state index in [0.29, 0.717) is 50.4 Å². The quantitative estimate of drug-likeness (QED) is 0.641. The molecule has 2 N–H and O–H groups in total. The van der Waals surface area contributed by atoms with Crippen molar-refractivity contribution < 1.29 is 19.1 Å². The molecule has 7 nitrogen and oxygen atoms in total. The number of anilines is 1. The minimum Gasteiger partial charge on any atom is -0.465 e. The van der Waals surface area contributed by atoms with Crippen LogP contribution in [0.25, 0.3) is 6.08 Å². The van der Waals surface area contributed by atoms with Gasteiger partial charge < -0.3 is 20.2 Å². The van der Waals surface area contributed by atoms with E-state index in [1.165, 1.54) is 12.3 Å². The largest absolute Gasteiger partial charge is 0.465 e. The number of rotatable bonds is 7. The molecule has 0 unspecified atom stereocenters. The van der Waals surface area contributed by atoms with Crippen molar-refractivity contribution in [2.24, 2.45) is 0 Å². The molecule has 1 aliphatic heterocycles.